The Balaban J connectivity index is 1.25. The number of carbonyl (C=O) groups is 1. The van der Waals surface area contributed by atoms with Crippen LogP contribution >= 0.6 is 0 Å². The number of halogens is 1. The van der Waals surface area contributed by atoms with Crippen LogP contribution in [0.15, 0.2) is 35.4 Å². The van der Waals surface area contributed by atoms with Gasteiger partial charge in [0.15, 0.2) is 11.6 Å². The lowest BCUT2D eigenvalue weighted by atomic mass is 9.38. The molecule has 250 valence electrons. The Morgan fingerprint density at radius 2 is 1.70 bits per heavy atom. The van der Waals surface area contributed by atoms with Crippen molar-refractivity contribution >= 4 is 5.78 Å². The maximum absolute atomic E-state index is 14.0. The number of Topliss-reactive ketones (excluding diaryl/α,β-unsaturated/α-hetero) is 1. The smallest absolute Gasteiger partial charge is 0.164 e. The summed E-state index contributed by atoms with van der Waals surface area (Å²) in [5.74, 6) is 5.03. The van der Waals surface area contributed by atoms with Crippen molar-refractivity contribution in [2.75, 3.05) is 13.7 Å². The van der Waals surface area contributed by atoms with Crippen molar-refractivity contribution in [1.82, 2.24) is 14.8 Å². The summed E-state index contributed by atoms with van der Waals surface area (Å²) < 4.78 is 21.9. The van der Waals surface area contributed by atoms with Gasteiger partial charge >= 0.3 is 0 Å². The Morgan fingerprint density at radius 3 is 2.39 bits per heavy atom. The third-order valence-electron chi connectivity index (χ3n) is 14.3. The monoisotopic (exact) mass is 630 g/mol. The molecule has 46 heavy (non-hydrogen) atoms. The topological polar surface area (TPSA) is 83.0 Å². The van der Waals surface area contributed by atoms with Crippen LogP contribution in [-0.4, -0.2) is 40.3 Å². The summed E-state index contributed by atoms with van der Waals surface area (Å²) in [5, 5.41) is 9.37. The zero-order chi connectivity index (χ0) is 32.6. The van der Waals surface area contributed by atoms with E-state index in [0.717, 1.165) is 41.0 Å². The number of hydrogen-bond acceptors (Lipinski definition) is 5. The fourth-order valence-corrected chi connectivity index (χ4v) is 12.5. The first-order valence-corrected chi connectivity index (χ1v) is 18.2. The lowest BCUT2D eigenvalue weighted by Gasteiger charge is -2.67. The molecule has 2 aromatic rings. The molecule has 7 rings (SSSR count). The number of aromatic nitrogens is 3. The van der Waals surface area contributed by atoms with Crippen LogP contribution in [0, 0.1) is 57.6 Å². The van der Waals surface area contributed by atoms with E-state index in [9.17, 15) is 9.18 Å². The average Bonchev–Trinajstić information content (AvgIpc) is 3.54. The number of rotatable bonds is 7. The standard InChI is InChI=1S/C39H55FN4O2/c1-23(2)34-30(45)21-39(22-33-42-43-36(44(33)20-19-41)25-7-9-26(40)10-8-25)18-14-29-27(35(34)39)11-12-32-37(4)17-15-31(46-6)24(3)28(37)13-16-38(29,32)5/h7-10,23-24,27-29,31-32H,11-22,41H2,1-6H3/t24?,27?,28-,29?,31?,32+,37?,38?,39?/m0/s1. The van der Waals surface area contributed by atoms with Crippen LogP contribution in [0.3, 0.4) is 0 Å². The fraction of sp³-hybridized carbons (Fsp3) is 0.718. The van der Waals surface area contributed by atoms with Crippen molar-refractivity contribution in [1.29, 1.82) is 0 Å². The van der Waals surface area contributed by atoms with E-state index in [1.165, 1.54) is 62.7 Å². The highest BCUT2D eigenvalue weighted by Gasteiger charge is 2.64. The highest BCUT2D eigenvalue weighted by atomic mass is 19.1. The van der Waals surface area contributed by atoms with Gasteiger partial charge in [-0.05, 0) is 128 Å². The summed E-state index contributed by atoms with van der Waals surface area (Å²) in [6.07, 6.45) is 11.3. The van der Waals surface area contributed by atoms with E-state index < -0.39 is 0 Å². The number of carbonyl (C=O) groups excluding carboxylic acids is 1. The van der Waals surface area contributed by atoms with Gasteiger partial charge in [-0.15, -0.1) is 10.2 Å². The van der Waals surface area contributed by atoms with Crippen molar-refractivity contribution < 1.29 is 13.9 Å². The Labute approximate surface area is 275 Å². The van der Waals surface area contributed by atoms with Crippen molar-refractivity contribution in [3.8, 4) is 11.4 Å². The molecule has 1 aromatic heterocycles. The molecule has 0 aliphatic heterocycles. The van der Waals surface area contributed by atoms with E-state index in [0.29, 0.717) is 61.0 Å². The molecule has 6 nitrogen and oxygen atoms in total. The third kappa shape index (κ3) is 4.72. The van der Waals surface area contributed by atoms with E-state index in [1.54, 1.807) is 12.1 Å². The number of methoxy groups -OCH3 is 1. The molecule has 0 bridgehead atoms. The predicted molar refractivity (Wildman–Crippen MR) is 179 cm³/mol. The van der Waals surface area contributed by atoms with Gasteiger partial charge in [-0.3, -0.25) is 4.79 Å². The van der Waals surface area contributed by atoms with E-state index in [4.69, 9.17) is 15.6 Å². The van der Waals surface area contributed by atoms with Gasteiger partial charge in [-0.25, -0.2) is 4.39 Å². The van der Waals surface area contributed by atoms with Gasteiger partial charge in [0.2, 0.25) is 0 Å². The van der Waals surface area contributed by atoms with Gasteiger partial charge in [0.05, 0.1) is 6.10 Å². The van der Waals surface area contributed by atoms with Gasteiger partial charge in [0, 0.05) is 44.0 Å². The van der Waals surface area contributed by atoms with E-state index in [1.807, 2.05) is 7.11 Å². The van der Waals surface area contributed by atoms with E-state index in [-0.39, 0.29) is 22.6 Å². The minimum absolute atomic E-state index is 0.212. The Kier molecular flexibility index (Phi) is 8.15. The third-order valence-corrected chi connectivity index (χ3v) is 14.3. The SMILES string of the molecule is COC1CCC2(C)[C@@H](CCC3(C)C4CCC5(Cc6nnc(-c7ccc(F)cc7)n6CCN)CC(=O)C(C(C)C)=C5C4CC[C@@H]32)C1C. The summed E-state index contributed by atoms with van der Waals surface area (Å²) >= 11 is 0. The highest BCUT2D eigenvalue weighted by molar-refractivity contribution is 6.00. The second-order valence-corrected chi connectivity index (χ2v) is 16.6. The Hall–Kier alpha value is -2.38. The van der Waals surface area contributed by atoms with Gasteiger partial charge in [-0.2, -0.15) is 0 Å². The molecule has 0 amide bonds. The van der Waals surface area contributed by atoms with Crippen LogP contribution in [0.1, 0.15) is 98.2 Å². The summed E-state index contributed by atoms with van der Waals surface area (Å²) in [4.78, 5) is 14.0. The predicted octanol–water partition coefficient (Wildman–Crippen LogP) is 7.80. The van der Waals surface area contributed by atoms with Gasteiger partial charge < -0.3 is 15.0 Å². The lowest BCUT2D eigenvalue weighted by molar-refractivity contribution is -0.181. The van der Waals surface area contributed by atoms with Crippen molar-refractivity contribution in [3.63, 3.8) is 0 Å². The molecule has 4 saturated carbocycles. The number of ketones is 1. The number of benzene rings is 1. The molecule has 7 unspecified atom stereocenters. The molecule has 5 aliphatic rings. The normalized spacial score (nSPS) is 38.8. The van der Waals surface area contributed by atoms with Gasteiger partial charge in [0.25, 0.3) is 0 Å². The first-order chi connectivity index (χ1) is 22.0. The van der Waals surface area contributed by atoms with Gasteiger partial charge in [-0.1, -0.05) is 40.2 Å². The number of ether oxygens (including phenoxy) is 1. The average molecular weight is 631 g/mol. The molecule has 2 N–H and O–H groups in total. The summed E-state index contributed by atoms with van der Waals surface area (Å²) in [7, 11) is 1.90. The zero-order valence-corrected chi connectivity index (χ0v) is 28.9. The Bertz CT molecular complexity index is 1510. The minimum Gasteiger partial charge on any atom is -0.381 e. The van der Waals surface area contributed by atoms with Crippen LogP contribution < -0.4 is 5.73 Å². The van der Waals surface area contributed by atoms with Crippen LogP contribution in [0.2, 0.25) is 0 Å². The maximum atomic E-state index is 14.0. The van der Waals surface area contributed by atoms with Crippen molar-refractivity contribution in [2.24, 2.45) is 57.5 Å². The van der Waals surface area contributed by atoms with Crippen LogP contribution in [0.4, 0.5) is 4.39 Å². The molecular weight excluding hydrogens is 575 g/mol. The summed E-state index contributed by atoms with van der Waals surface area (Å²) in [5.41, 5.74) is 9.99. The fourth-order valence-electron chi connectivity index (χ4n) is 12.5. The van der Waals surface area contributed by atoms with Crippen molar-refractivity contribution in [3.05, 3.63) is 47.1 Å². The second kappa shape index (κ2) is 11.6. The summed E-state index contributed by atoms with van der Waals surface area (Å²) in [6.45, 7) is 13.2. The largest absolute Gasteiger partial charge is 0.381 e. The number of nitrogens with zero attached hydrogens (tertiary/aromatic N) is 3. The summed E-state index contributed by atoms with van der Waals surface area (Å²) in [6, 6.07) is 6.46. The molecule has 0 saturated heterocycles. The molecular formula is C39H55FN4O2. The minimum atomic E-state index is -0.270. The first kappa shape index (κ1) is 32.2. The molecule has 5 aliphatic carbocycles. The van der Waals surface area contributed by atoms with Crippen LogP contribution in [0.25, 0.3) is 11.4 Å². The molecule has 1 aromatic carbocycles. The molecule has 7 heteroatoms. The maximum Gasteiger partial charge on any atom is 0.164 e. The molecule has 0 radical (unpaired) electrons. The molecule has 1 heterocycles. The quantitative estimate of drug-likeness (QED) is 0.338. The number of allylic oxidation sites excluding steroid dienone is 2. The number of hydrogen-bond donors (Lipinski definition) is 1. The lowest BCUT2D eigenvalue weighted by Crippen LogP contribution is -2.60. The second-order valence-electron chi connectivity index (χ2n) is 16.6. The van der Waals surface area contributed by atoms with Crippen LogP contribution in [0.5, 0.6) is 0 Å². The molecule has 0 spiro atoms. The number of nitrogens with two attached hydrogens (primary N) is 1. The van der Waals surface area contributed by atoms with E-state index >= 15 is 0 Å². The van der Waals surface area contributed by atoms with Crippen molar-refractivity contribution in [2.45, 2.75) is 111 Å². The zero-order valence-electron chi connectivity index (χ0n) is 28.9. The molecule has 9 atom stereocenters. The van der Waals surface area contributed by atoms with E-state index in [2.05, 4.69) is 44.3 Å². The van der Waals surface area contributed by atoms with Gasteiger partial charge in [0.1, 0.15) is 11.6 Å². The Morgan fingerprint density at radius 1 is 1.00 bits per heavy atom. The first-order valence-electron chi connectivity index (χ1n) is 18.2. The van der Waals surface area contributed by atoms with Crippen LogP contribution in [-0.2, 0) is 22.5 Å². The molecule has 4 fully saturated rings. The number of fused-ring (bicyclic) bond motifs is 7. The highest BCUT2D eigenvalue weighted by Crippen LogP contribution is 2.72.